The third-order valence-electron chi connectivity index (χ3n) is 4.12. The summed E-state index contributed by atoms with van der Waals surface area (Å²) in [5.74, 6) is 1.48. The summed E-state index contributed by atoms with van der Waals surface area (Å²) in [5, 5.41) is 3.69. The molecule has 1 N–H and O–H groups in total. The Balaban J connectivity index is 2.16. The van der Waals surface area contributed by atoms with Crippen molar-refractivity contribution in [3.05, 3.63) is 0 Å². The number of rotatable bonds is 8. The zero-order chi connectivity index (χ0) is 12.7. The largest absolute Gasteiger partial charge is 0.378 e. The first-order chi connectivity index (χ1) is 8.15. The molecule has 2 nitrogen and oxygen atoms in total. The monoisotopic (exact) mass is 241 g/mol. The van der Waals surface area contributed by atoms with Crippen molar-refractivity contribution in [1.82, 2.24) is 5.32 Å². The van der Waals surface area contributed by atoms with Crippen LogP contribution in [0.1, 0.15) is 59.8 Å². The van der Waals surface area contributed by atoms with Crippen molar-refractivity contribution in [3.8, 4) is 0 Å². The van der Waals surface area contributed by atoms with Crippen molar-refractivity contribution in [3.63, 3.8) is 0 Å². The van der Waals surface area contributed by atoms with Gasteiger partial charge < -0.3 is 10.1 Å². The Hall–Kier alpha value is -0.0800. The van der Waals surface area contributed by atoms with E-state index < -0.39 is 0 Å². The number of ether oxygens (including phenoxy) is 1. The van der Waals surface area contributed by atoms with Gasteiger partial charge in [-0.05, 0) is 51.0 Å². The highest BCUT2D eigenvalue weighted by Crippen LogP contribution is 2.28. The van der Waals surface area contributed by atoms with Gasteiger partial charge in [-0.15, -0.1) is 0 Å². The molecule has 1 saturated carbocycles. The molecule has 0 radical (unpaired) electrons. The summed E-state index contributed by atoms with van der Waals surface area (Å²) in [5.41, 5.74) is 0. The maximum absolute atomic E-state index is 5.89. The molecule has 1 rings (SSSR count). The lowest BCUT2D eigenvalue weighted by molar-refractivity contribution is 0.0266. The van der Waals surface area contributed by atoms with Gasteiger partial charge in [0.1, 0.15) is 0 Å². The van der Waals surface area contributed by atoms with E-state index in [-0.39, 0.29) is 0 Å². The summed E-state index contributed by atoms with van der Waals surface area (Å²) >= 11 is 0. The smallest absolute Gasteiger partial charge is 0.0569 e. The molecule has 0 aromatic heterocycles. The molecule has 1 aliphatic carbocycles. The summed E-state index contributed by atoms with van der Waals surface area (Å²) in [4.78, 5) is 0. The van der Waals surface area contributed by atoms with Crippen LogP contribution in [0.25, 0.3) is 0 Å². The number of hydrogen-bond acceptors (Lipinski definition) is 2. The third kappa shape index (κ3) is 5.39. The molecule has 1 aliphatic rings. The summed E-state index contributed by atoms with van der Waals surface area (Å²) in [6.45, 7) is 11.0. The van der Waals surface area contributed by atoms with E-state index in [1.54, 1.807) is 0 Å². The highest BCUT2D eigenvalue weighted by molar-refractivity contribution is 4.82. The van der Waals surface area contributed by atoms with Crippen LogP contribution in [0.5, 0.6) is 0 Å². The Bertz CT molecular complexity index is 193. The molecule has 102 valence electrons. The normalized spacial score (nSPS) is 26.6. The van der Waals surface area contributed by atoms with E-state index in [2.05, 4.69) is 33.0 Å². The second-order valence-electron chi connectivity index (χ2n) is 5.86. The molecule has 0 bridgehead atoms. The molecule has 1 fully saturated rings. The van der Waals surface area contributed by atoms with Crippen molar-refractivity contribution < 1.29 is 4.74 Å². The predicted octanol–water partition coefficient (Wildman–Crippen LogP) is 3.61. The van der Waals surface area contributed by atoms with Crippen molar-refractivity contribution in [2.45, 2.75) is 71.9 Å². The first-order valence-electron chi connectivity index (χ1n) is 7.50. The van der Waals surface area contributed by atoms with Gasteiger partial charge in [0.05, 0.1) is 6.10 Å². The zero-order valence-electron chi connectivity index (χ0n) is 12.2. The Kier molecular flexibility index (Phi) is 7.14. The van der Waals surface area contributed by atoms with Crippen LogP contribution >= 0.6 is 0 Å². The Morgan fingerprint density at radius 3 is 2.65 bits per heavy atom. The number of nitrogens with one attached hydrogen (secondary N) is 1. The highest BCUT2D eigenvalue weighted by atomic mass is 16.5. The van der Waals surface area contributed by atoms with Crippen molar-refractivity contribution in [2.24, 2.45) is 11.8 Å². The Labute approximate surface area is 108 Å². The third-order valence-corrected chi connectivity index (χ3v) is 4.12. The molecular formula is C15H31NO. The molecule has 2 heteroatoms. The quantitative estimate of drug-likeness (QED) is 0.701. The van der Waals surface area contributed by atoms with Crippen molar-refractivity contribution >= 4 is 0 Å². The van der Waals surface area contributed by atoms with Gasteiger partial charge in [-0.2, -0.15) is 0 Å². The van der Waals surface area contributed by atoms with E-state index in [0.717, 1.165) is 18.6 Å². The SMILES string of the molecule is CCCNC1CCCC1CCOC(C)C(C)C. The van der Waals surface area contributed by atoms with Gasteiger partial charge in [0.15, 0.2) is 0 Å². The van der Waals surface area contributed by atoms with Gasteiger partial charge in [0.2, 0.25) is 0 Å². The van der Waals surface area contributed by atoms with E-state index in [0.29, 0.717) is 12.0 Å². The average molecular weight is 241 g/mol. The molecule has 0 aromatic rings. The van der Waals surface area contributed by atoms with Crippen molar-refractivity contribution in [1.29, 1.82) is 0 Å². The summed E-state index contributed by atoms with van der Waals surface area (Å²) in [7, 11) is 0. The Morgan fingerprint density at radius 1 is 1.24 bits per heavy atom. The lowest BCUT2D eigenvalue weighted by Crippen LogP contribution is -2.33. The van der Waals surface area contributed by atoms with E-state index in [4.69, 9.17) is 4.74 Å². The maximum atomic E-state index is 5.89. The molecule has 0 saturated heterocycles. The lowest BCUT2D eigenvalue weighted by atomic mass is 10.00. The van der Waals surface area contributed by atoms with E-state index in [1.165, 1.54) is 38.6 Å². The van der Waals surface area contributed by atoms with Crippen LogP contribution in [-0.4, -0.2) is 25.3 Å². The Morgan fingerprint density at radius 2 is 2.00 bits per heavy atom. The molecule has 0 heterocycles. The lowest BCUT2D eigenvalue weighted by Gasteiger charge is -2.22. The van der Waals surface area contributed by atoms with Crippen LogP contribution in [-0.2, 0) is 4.74 Å². The van der Waals surface area contributed by atoms with Gasteiger partial charge >= 0.3 is 0 Å². The first-order valence-corrected chi connectivity index (χ1v) is 7.50. The fourth-order valence-electron chi connectivity index (χ4n) is 2.58. The first kappa shape index (κ1) is 15.0. The standard InChI is InChI=1S/C15H31NO/c1-5-10-16-15-8-6-7-14(15)9-11-17-13(4)12(2)3/h12-16H,5-11H2,1-4H3. The van der Waals surface area contributed by atoms with Crippen molar-refractivity contribution in [2.75, 3.05) is 13.2 Å². The summed E-state index contributed by atoms with van der Waals surface area (Å²) in [6.07, 6.45) is 7.03. The van der Waals surface area contributed by atoms with Gasteiger partial charge in [0, 0.05) is 12.6 Å². The van der Waals surface area contributed by atoms with Crippen LogP contribution in [0.3, 0.4) is 0 Å². The van der Waals surface area contributed by atoms with Crippen LogP contribution in [0, 0.1) is 11.8 Å². The van der Waals surface area contributed by atoms with Gasteiger partial charge in [-0.1, -0.05) is 27.2 Å². The molecule has 0 amide bonds. The molecule has 3 atom stereocenters. The summed E-state index contributed by atoms with van der Waals surface area (Å²) < 4.78 is 5.89. The average Bonchev–Trinajstić information content (AvgIpc) is 2.73. The second-order valence-corrected chi connectivity index (χ2v) is 5.86. The van der Waals surface area contributed by atoms with Gasteiger partial charge in [-0.25, -0.2) is 0 Å². The topological polar surface area (TPSA) is 21.3 Å². The minimum absolute atomic E-state index is 0.401. The van der Waals surface area contributed by atoms with Gasteiger partial charge in [0.25, 0.3) is 0 Å². The molecule has 3 unspecified atom stereocenters. The maximum Gasteiger partial charge on any atom is 0.0569 e. The van der Waals surface area contributed by atoms with Crippen LogP contribution < -0.4 is 5.32 Å². The number of hydrogen-bond donors (Lipinski definition) is 1. The van der Waals surface area contributed by atoms with Crippen LogP contribution in [0.4, 0.5) is 0 Å². The highest BCUT2D eigenvalue weighted by Gasteiger charge is 2.26. The van der Waals surface area contributed by atoms with E-state index in [1.807, 2.05) is 0 Å². The predicted molar refractivity (Wildman–Crippen MR) is 74.3 cm³/mol. The fraction of sp³-hybridized carbons (Fsp3) is 1.00. The zero-order valence-corrected chi connectivity index (χ0v) is 12.2. The fourth-order valence-corrected chi connectivity index (χ4v) is 2.58. The van der Waals surface area contributed by atoms with Crippen LogP contribution in [0.2, 0.25) is 0 Å². The van der Waals surface area contributed by atoms with E-state index >= 15 is 0 Å². The minimum atomic E-state index is 0.401. The second kappa shape index (κ2) is 8.10. The molecule has 0 spiro atoms. The molecular weight excluding hydrogens is 210 g/mol. The van der Waals surface area contributed by atoms with Gasteiger partial charge in [-0.3, -0.25) is 0 Å². The molecule has 0 aromatic carbocycles. The minimum Gasteiger partial charge on any atom is -0.378 e. The summed E-state index contributed by atoms with van der Waals surface area (Å²) in [6, 6.07) is 0.757. The van der Waals surface area contributed by atoms with Crippen LogP contribution in [0.15, 0.2) is 0 Å². The molecule has 0 aliphatic heterocycles. The van der Waals surface area contributed by atoms with E-state index in [9.17, 15) is 0 Å². The molecule has 17 heavy (non-hydrogen) atoms.